The second kappa shape index (κ2) is 7.76. The molecule has 1 aliphatic heterocycles. The number of aryl methyl sites for hydroxylation is 1. The van der Waals surface area contributed by atoms with Crippen molar-refractivity contribution in [2.24, 2.45) is 0 Å². The average molecular weight is 418 g/mol. The summed E-state index contributed by atoms with van der Waals surface area (Å²) in [6.45, 7) is 4.05. The first-order chi connectivity index (χ1) is 15.0. The van der Waals surface area contributed by atoms with Crippen LogP contribution in [-0.4, -0.2) is 21.5 Å². The standard InChI is InChI=1S/C25H27N3O3/c1-17-21(18(2)28(27-17)20-8-4-3-5-9-20)11-13-24(29)26-19-10-12-22-23(16-19)31-25(30-22)14-6-7-15-25/h3-5,8-10,12,16H,6-7,11,13-15H2,1-2H3,(H,26,29). The molecule has 160 valence electrons. The summed E-state index contributed by atoms with van der Waals surface area (Å²) < 4.78 is 14.1. The number of aromatic nitrogens is 2. The summed E-state index contributed by atoms with van der Waals surface area (Å²) in [4.78, 5) is 12.6. The van der Waals surface area contributed by atoms with E-state index in [1.54, 1.807) is 0 Å². The van der Waals surface area contributed by atoms with Crippen molar-refractivity contribution >= 4 is 11.6 Å². The molecule has 3 aromatic rings. The molecular weight excluding hydrogens is 390 g/mol. The highest BCUT2D eigenvalue weighted by molar-refractivity contribution is 5.91. The zero-order valence-corrected chi connectivity index (χ0v) is 18.0. The van der Waals surface area contributed by atoms with Gasteiger partial charge in [-0.1, -0.05) is 18.2 Å². The predicted molar refractivity (Wildman–Crippen MR) is 119 cm³/mol. The van der Waals surface area contributed by atoms with Crippen LogP contribution in [-0.2, 0) is 11.2 Å². The lowest BCUT2D eigenvalue weighted by atomic mass is 10.1. The lowest BCUT2D eigenvalue weighted by Crippen LogP contribution is -2.34. The molecule has 1 fully saturated rings. The summed E-state index contributed by atoms with van der Waals surface area (Å²) in [5, 5.41) is 7.67. The van der Waals surface area contributed by atoms with E-state index in [2.05, 4.69) is 17.3 Å². The van der Waals surface area contributed by atoms with Crippen molar-refractivity contribution in [3.8, 4) is 17.2 Å². The van der Waals surface area contributed by atoms with Crippen LogP contribution in [0.4, 0.5) is 5.69 Å². The summed E-state index contributed by atoms with van der Waals surface area (Å²) in [6, 6.07) is 15.7. The molecule has 0 saturated heterocycles. The minimum atomic E-state index is -0.487. The van der Waals surface area contributed by atoms with Gasteiger partial charge in [-0.2, -0.15) is 5.10 Å². The third-order valence-corrected chi connectivity index (χ3v) is 6.23. The highest BCUT2D eigenvalue weighted by atomic mass is 16.7. The van der Waals surface area contributed by atoms with Gasteiger partial charge >= 0.3 is 0 Å². The smallest absolute Gasteiger partial charge is 0.251 e. The maximum absolute atomic E-state index is 12.6. The third-order valence-electron chi connectivity index (χ3n) is 6.23. The van der Waals surface area contributed by atoms with Gasteiger partial charge in [0.2, 0.25) is 5.91 Å². The Morgan fingerprint density at radius 3 is 2.58 bits per heavy atom. The molecule has 2 aliphatic rings. The fraction of sp³-hybridized carbons (Fsp3) is 0.360. The van der Waals surface area contributed by atoms with Gasteiger partial charge in [0.25, 0.3) is 5.79 Å². The molecule has 31 heavy (non-hydrogen) atoms. The second-order valence-electron chi connectivity index (χ2n) is 8.43. The molecule has 0 atom stereocenters. The molecule has 0 bridgehead atoms. The van der Waals surface area contributed by atoms with E-state index < -0.39 is 5.79 Å². The summed E-state index contributed by atoms with van der Waals surface area (Å²) in [7, 11) is 0. The number of hydrogen-bond donors (Lipinski definition) is 1. The van der Waals surface area contributed by atoms with Crippen LogP contribution in [0, 0.1) is 13.8 Å². The quantitative estimate of drug-likeness (QED) is 0.627. The first kappa shape index (κ1) is 19.7. The molecule has 5 rings (SSSR count). The lowest BCUT2D eigenvalue weighted by Gasteiger charge is -2.21. The highest BCUT2D eigenvalue weighted by Gasteiger charge is 2.44. The Kier molecular flexibility index (Phi) is 4.93. The second-order valence-corrected chi connectivity index (χ2v) is 8.43. The zero-order chi connectivity index (χ0) is 21.4. The maximum Gasteiger partial charge on any atom is 0.251 e. The van der Waals surface area contributed by atoms with Crippen LogP contribution in [0.2, 0.25) is 0 Å². The minimum Gasteiger partial charge on any atom is -0.448 e. The molecule has 1 aliphatic carbocycles. The number of hydrogen-bond acceptors (Lipinski definition) is 4. The van der Waals surface area contributed by atoms with Crippen molar-refractivity contribution in [3.05, 3.63) is 65.5 Å². The molecule has 0 unspecified atom stereocenters. The van der Waals surface area contributed by atoms with Crippen LogP contribution in [0.3, 0.4) is 0 Å². The molecule has 0 radical (unpaired) electrons. The summed E-state index contributed by atoms with van der Waals surface area (Å²) in [5.74, 6) is 0.967. The van der Waals surface area contributed by atoms with Crippen LogP contribution < -0.4 is 14.8 Å². The van der Waals surface area contributed by atoms with Crippen molar-refractivity contribution in [1.82, 2.24) is 9.78 Å². The Morgan fingerprint density at radius 2 is 1.81 bits per heavy atom. The maximum atomic E-state index is 12.6. The molecule has 6 heteroatoms. The molecule has 2 heterocycles. The summed E-state index contributed by atoms with van der Waals surface area (Å²) in [5.41, 5.74) is 4.91. The van der Waals surface area contributed by atoms with Crippen molar-refractivity contribution in [3.63, 3.8) is 0 Å². The van der Waals surface area contributed by atoms with E-state index in [1.165, 1.54) is 0 Å². The highest BCUT2D eigenvalue weighted by Crippen LogP contribution is 2.47. The Bertz CT molecular complexity index is 1110. The van der Waals surface area contributed by atoms with Crippen molar-refractivity contribution in [2.45, 2.75) is 58.2 Å². The van der Waals surface area contributed by atoms with Crippen molar-refractivity contribution in [2.75, 3.05) is 5.32 Å². The number of nitrogens with zero attached hydrogens (tertiary/aromatic N) is 2. The van der Waals surface area contributed by atoms with Gasteiger partial charge in [-0.05, 0) is 62.9 Å². The summed E-state index contributed by atoms with van der Waals surface area (Å²) in [6.07, 6.45) is 5.11. The van der Waals surface area contributed by atoms with Crippen molar-refractivity contribution < 1.29 is 14.3 Å². The summed E-state index contributed by atoms with van der Waals surface area (Å²) >= 11 is 0. The van der Waals surface area contributed by atoms with Crippen LogP contribution in [0.25, 0.3) is 5.69 Å². The van der Waals surface area contributed by atoms with Crippen molar-refractivity contribution in [1.29, 1.82) is 0 Å². The van der Waals surface area contributed by atoms with E-state index in [0.29, 0.717) is 12.8 Å². The number of fused-ring (bicyclic) bond motifs is 1. The Morgan fingerprint density at radius 1 is 1.06 bits per heavy atom. The number of carbonyl (C=O) groups excluding carboxylic acids is 1. The number of para-hydroxylation sites is 1. The Balaban J connectivity index is 1.23. The first-order valence-electron chi connectivity index (χ1n) is 11.0. The van der Waals surface area contributed by atoms with Gasteiger partial charge in [0.05, 0.1) is 11.4 Å². The van der Waals surface area contributed by atoms with E-state index in [9.17, 15) is 4.79 Å². The van der Waals surface area contributed by atoms with Gasteiger partial charge < -0.3 is 14.8 Å². The molecule has 1 aromatic heterocycles. The average Bonchev–Trinajstić information content (AvgIpc) is 3.45. The van der Waals surface area contributed by atoms with E-state index >= 15 is 0 Å². The molecule has 1 N–H and O–H groups in total. The van der Waals surface area contributed by atoms with Gasteiger partial charge in [-0.25, -0.2) is 4.68 Å². The minimum absolute atomic E-state index is 0.0271. The molecule has 1 saturated carbocycles. The number of benzene rings is 2. The SMILES string of the molecule is Cc1nn(-c2ccccc2)c(C)c1CCC(=O)Nc1ccc2c(c1)OC1(CCCC1)O2. The number of rotatable bonds is 5. The van der Waals surface area contributed by atoms with Crippen LogP contribution in [0.15, 0.2) is 48.5 Å². The number of ether oxygens (including phenoxy) is 2. The van der Waals surface area contributed by atoms with Crippen LogP contribution in [0.5, 0.6) is 11.5 Å². The lowest BCUT2D eigenvalue weighted by molar-refractivity contribution is -0.116. The zero-order valence-electron chi connectivity index (χ0n) is 18.0. The van der Waals surface area contributed by atoms with Gasteiger partial charge in [-0.3, -0.25) is 4.79 Å². The Hall–Kier alpha value is -3.28. The molecule has 2 aromatic carbocycles. The number of amides is 1. The molecule has 1 spiro atoms. The fourth-order valence-electron chi connectivity index (χ4n) is 4.61. The van der Waals surface area contributed by atoms with E-state index in [-0.39, 0.29) is 5.91 Å². The topological polar surface area (TPSA) is 65.4 Å². The van der Waals surface area contributed by atoms with E-state index in [4.69, 9.17) is 9.47 Å². The van der Waals surface area contributed by atoms with Crippen LogP contribution >= 0.6 is 0 Å². The third kappa shape index (κ3) is 3.78. The monoisotopic (exact) mass is 417 g/mol. The first-order valence-corrected chi connectivity index (χ1v) is 11.0. The molecule has 1 amide bonds. The van der Waals surface area contributed by atoms with Gasteiger partial charge in [0.1, 0.15) is 0 Å². The number of carbonyl (C=O) groups is 1. The normalized spacial score (nSPS) is 16.1. The largest absolute Gasteiger partial charge is 0.448 e. The predicted octanol–water partition coefficient (Wildman–Crippen LogP) is 5.10. The fourth-order valence-corrected chi connectivity index (χ4v) is 4.61. The van der Waals surface area contributed by atoms with E-state index in [1.807, 2.05) is 60.1 Å². The van der Waals surface area contributed by atoms with Crippen LogP contribution in [0.1, 0.15) is 49.1 Å². The number of nitrogens with one attached hydrogen (secondary N) is 1. The van der Waals surface area contributed by atoms with Gasteiger partial charge in [-0.15, -0.1) is 0 Å². The van der Waals surface area contributed by atoms with E-state index in [0.717, 1.165) is 65.5 Å². The van der Waals surface area contributed by atoms with Gasteiger partial charge in [0.15, 0.2) is 11.5 Å². The van der Waals surface area contributed by atoms with Gasteiger partial charge in [0, 0.05) is 36.7 Å². The molecule has 6 nitrogen and oxygen atoms in total. The Labute approximate surface area is 182 Å². The molecular formula is C25H27N3O3. The number of anilines is 1.